The summed E-state index contributed by atoms with van der Waals surface area (Å²) in [6.07, 6.45) is 4.42. The van der Waals surface area contributed by atoms with E-state index in [1.54, 1.807) is 0 Å². The summed E-state index contributed by atoms with van der Waals surface area (Å²) in [5, 5.41) is 6.44. The molecule has 3 amide bonds. The minimum Gasteiger partial charge on any atom is -0.339 e. The highest BCUT2D eigenvalue weighted by molar-refractivity contribution is 5.98. The van der Waals surface area contributed by atoms with Crippen LogP contribution in [0.5, 0.6) is 0 Å². The van der Waals surface area contributed by atoms with Crippen LogP contribution in [0.3, 0.4) is 0 Å². The number of urea groups is 1. The summed E-state index contributed by atoms with van der Waals surface area (Å²) in [6.45, 7) is 7.33. The second-order valence-corrected chi connectivity index (χ2v) is 8.23. The maximum Gasteiger partial charge on any atom is 0.321 e. The van der Waals surface area contributed by atoms with Gasteiger partial charge in [0.15, 0.2) is 0 Å². The minimum atomic E-state index is -0.0550. The molecule has 0 aliphatic carbocycles. The molecule has 0 bridgehead atoms. The number of fused-ring (bicyclic) bond motifs is 1. The number of carbonyl (C=O) groups is 2. The molecule has 3 fully saturated rings. The van der Waals surface area contributed by atoms with Gasteiger partial charge >= 0.3 is 6.03 Å². The van der Waals surface area contributed by atoms with Gasteiger partial charge in [-0.15, -0.1) is 0 Å². The Bertz CT molecular complexity index is 714. The minimum absolute atomic E-state index is 0.0550. The van der Waals surface area contributed by atoms with Crippen LogP contribution < -0.4 is 10.6 Å². The summed E-state index contributed by atoms with van der Waals surface area (Å²) in [7, 11) is 0. The van der Waals surface area contributed by atoms with E-state index in [-0.39, 0.29) is 11.9 Å². The zero-order valence-corrected chi connectivity index (χ0v) is 16.2. The van der Waals surface area contributed by atoms with E-state index in [4.69, 9.17) is 0 Å². The second kappa shape index (κ2) is 7.89. The van der Waals surface area contributed by atoms with E-state index >= 15 is 0 Å². The molecule has 3 heterocycles. The number of likely N-dealkylation sites (tertiary alicyclic amines) is 2. The SMILES string of the molecule is Cc1ccc(NC(=O)N2CC[C@@H]3CNC[C@@H]3C2)cc1C(=O)N1CCCCC1. The molecule has 6 nitrogen and oxygen atoms in total. The number of hydrogen-bond acceptors (Lipinski definition) is 3. The maximum absolute atomic E-state index is 12.9. The molecule has 4 rings (SSSR count). The van der Waals surface area contributed by atoms with E-state index in [1.165, 1.54) is 6.42 Å². The fourth-order valence-electron chi connectivity index (χ4n) is 4.62. The average molecular weight is 370 g/mol. The number of nitrogens with one attached hydrogen (secondary N) is 2. The molecule has 1 aromatic carbocycles. The molecule has 1 aromatic rings. The Hall–Kier alpha value is -2.08. The van der Waals surface area contributed by atoms with Crippen LogP contribution in [0.1, 0.15) is 41.6 Å². The third kappa shape index (κ3) is 3.95. The van der Waals surface area contributed by atoms with Gasteiger partial charge in [-0.25, -0.2) is 4.79 Å². The molecular weight excluding hydrogens is 340 g/mol. The van der Waals surface area contributed by atoms with Crippen molar-refractivity contribution in [3.63, 3.8) is 0 Å². The van der Waals surface area contributed by atoms with E-state index < -0.39 is 0 Å². The largest absolute Gasteiger partial charge is 0.339 e. The molecule has 2 atom stereocenters. The molecule has 0 spiro atoms. The highest BCUT2D eigenvalue weighted by atomic mass is 16.2. The molecular formula is C21H30N4O2. The van der Waals surface area contributed by atoms with E-state index in [1.807, 2.05) is 34.9 Å². The Morgan fingerprint density at radius 2 is 1.81 bits per heavy atom. The number of benzene rings is 1. The van der Waals surface area contributed by atoms with Gasteiger partial charge in [-0.05, 0) is 75.2 Å². The molecule has 3 aliphatic heterocycles. The van der Waals surface area contributed by atoms with Crippen LogP contribution in [0.15, 0.2) is 18.2 Å². The summed E-state index contributed by atoms with van der Waals surface area (Å²) in [4.78, 5) is 29.5. The molecule has 3 aliphatic rings. The van der Waals surface area contributed by atoms with Crippen molar-refractivity contribution >= 4 is 17.6 Å². The van der Waals surface area contributed by atoms with Crippen LogP contribution in [-0.2, 0) is 0 Å². The van der Waals surface area contributed by atoms with Gasteiger partial charge in [0.05, 0.1) is 0 Å². The normalized spacial score (nSPS) is 25.2. The number of nitrogens with zero attached hydrogens (tertiary/aromatic N) is 2. The van der Waals surface area contributed by atoms with Crippen molar-refractivity contribution in [2.75, 3.05) is 44.6 Å². The molecule has 2 N–H and O–H groups in total. The Morgan fingerprint density at radius 1 is 1.04 bits per heavy atom. The third-order valence-corrected chi connectivity index (χ3v) is 6.35. The van der Waals surface area contributed by atoms with Gasteiger partial charge in [0.2, 0.25) is 0 Å². The topological polar surface area (TPSA) is 64.7 Å². The number of anilines is 1. The molecule has 0 saturated carbocycles. The highest BCUT2D eigenvalue weighted by Gasteiger charge is 2.34. The number of carbonyl (C=O) groups excluding carboxylic acids is 2. The molecule has 3 saturated heterocycles. The molecule has 146 valence electrons. The first kappa shape index (κ1) is 18.3. The summed E-state index contributed by atoms with van der Waals surface area (Å²) >= 11 is 0. The van der Waals surface area contributed by atoms with Crippen LogP contribution in [0.2, 0.25) is 0 Å². The first-order valence-electron chi connectivity index (χ1n) is 10.3. The van der Waals surface area contributed by atoms with Gasteiger partial charge in [0.1, 0.15) is 0 Å². The molecule has 27 heavy (non-hydrogen) atoms. The first-order valence-corrected chi connectivity index (χ1v) is 10.3. The van der Waals surface area contributed by atoms with Gasteiger partial charge in [0.25, 0.3) is 5.91 Å². The number of aryl methyl sites for hydroxylation is 1. The quantitative estimate of drug-likeness (QED) is 0.841. The lowest BCUT2D eigenvalue weighted by Crippen LogP contribution is -2.45. The number of amides is 3. The zero-order valence-electron chi connectivity index (χ0n) is 16.2. The second-order valence-electron chi connectivity index (χ2n) is 8.23. The zero-order chi connectivity index (χ0) is 18.8. The number of rotatable bonds is 2. The van der Waals surface area contributed by atoms with Crippen LogP contribution in [-0.4, -0.2) is 61.0 Å². The van der Waals surface area contributed by atoms with Crippen molar-refractivity contribution in [1.29, 1.82) is 0 Å². The van der Waals surface area contributed by atoms with Crippen molar-refractivity contribution in [2.24, 2.45) is 11.8 Å². The van der Waals surface area contributed by atoms with E-state index in [9.17, 15) is 9.59 Å². The van der Waals surface area contributed by atoms with Crippen molar-refractivity contribution in [1.82, 2.24) is 15.1 Å². The van der Waals surface area contributed by atoms with Crippen molar-refractivity contribution < 1.29 is 9.59 Å². The predicted molar refractivity (Wildman–Crippen MR) is 106 cm³/mol. The van der Waals surface area contributed by atoms with Crippen LogP contribution >= 0.6 is 0 Å². The Balaban J connectivity index is 1.43. The van der Waals surface area contributed by atoms with Crippen molar-refractivity contribution in [3.8, 4) is 0 Å². The fraction of sp³-hybridized carbons (Fsp3) is 0.619. The maximum atomic E-state index is 12.9. The summed E-state index contributed by atoms with van der Waals surface area (Å²) in [5.74, 6) is 1.36. The van der Waals surface area contributed by atoms with Crippen molar-refractivity contribution in [3.05, 3.63) is 29.3 Å². The molecule has 6 heteroatoms. The monoisotopic (exact) mass is 370 g/mol. The van der Waals surface area contributed by atoms with Gasteiger partial charge < -0.3 is 20.4 Å². The van der Waals surface area contributed by atoms with Gasteiger partial charge in [-0.2, -0.15) is 0 Å². The van der Waals surface area contributed by atoms with Gasteiger partial charge in [-0.1, -0.05) is 6.07 Å². The fourth-order valence-corrected chi connectivity index (χ4v) is 4.62. The highest BCUT2D eigenvalue weighted by Crippen LogP contribution is 2.27. The third-order valence-electron chi connectivity index (χ3n) is 6.35. The summed E-state index contributed by atoms with van der Waals surface area (Å²) < 4.78 is 0. The molecule has 0 radical (unpaired) electrons. The van der Waals surface area contributed by atoms with Crippen LogP contribution in [0.25, 0.3) is 0 Å². The van der Waals surface area contributed by atoms with Gasteiger partial charge in [-0.3, -0.25) is 4.79 Å². The molecule has 0 unspecified atom stereocenters. The van der Waals surface area contributed by atoms with E-state index in [2.05, 4.69) is 10.6 Å². The van der Waals surface area contributed by atoms with Crippen molar-refractivity contribution in [2.45, 2.75) is 32.6 Å². The smallest absolute Gasteiger partial charge is 0.321 e. The van der Waals surface area contributed by atoms with E-state index in [0.717, 1.165) is 64.1 Å². The lowest BCUT2D eigenvalue weighted by molar-refractivity contribution is 0.0723. The number of piperidine rings is 2. The number of hydrogen-bond donors (Lipinski definition) is 2. The standard InChI is InChI=1S/C21H30N4O2/c1-15-5-6-18(11-19(15)20(26)24-8-3-2-4-9-24)23-21(27)25-10-7-16-12-22-13-17(16)14-25/h5-6,11,16-17,22H,2-4,7-10,12-14H2,1H3,(H,23,27)/t16-,17-/m1/s1. The Kier molecular flexibility index (Phi) is 5.34. The summed E-state index contributed by atoms with van der Waals surface area (Å²) in [6, 6.07) is 5.61. The Morgan fingerprint density at radius 3 is 2.63 bits per heavy atom. The van der Waals surface area contributed by atoms with Gasteiger partial charge in [0, 0.05) is 37.4 Å². The lowest BCUT2D eigenvalue weighted by Gasteiger charge is -2.34. The average Bonchev–Trinajstić information content (AvgIpc) is 3.17. The van der Waals surface area contributed by atoms with E-state index in [0.29, 0.717) is 23.1 Å². The predicted octanol–water partition coefficient (Wildman–Crippen LogP) is 2.69. The van der Waals surface area contributed by atoms with Crippen LogP contribution in [0, 0.1) is 18.8 Å². The van der Waals surface area contributed by atoms with Crippen LogP contribution in [0.4, 0.5) is 10.5 Å². The molecule has 0 aromatic heterocycles. The Labute approximate surface area is 161 Å². The lowest BCUT2D eigenvalue weighted by atomic mass is 9.89. The first-order chi connectivity index (χ1) is 13.1. The summed E-state index contributed by atoms with van der Waals surface area (Å²) in [5.41, 5.74) is 2.37.